The van der Waals surface area contributed by atoms with Crippen LogP contribution in [0.4, 0.5) is 5.82 Å². The topological polar surface area (TPSA) is 114 Å². The molecule has 0 aromatic carbocycles. The van der Waals surface area contributed by atoms with Crippen LogP contribution in [0.2, 0.25) is 0 Å². The lowest BCUT2D eigenvalue weighted by molar-refractivity contribution is -0.123. The molecule has 19 heavy (non-hydrogen) atoms. The minimum Gasteiger partial charge on any atom is -0.464 e. The normalized spacial score (nSPS) is 26.8. The van der Waals surface area contributed by atoms with Gasteiger partial charge in [0.1, 0.15) is 11.9 Å². The molecule has 1 saturated heterocycles. The van der Waals surface area contributed by atoms with Gasteiger partial charge in [-0.05, 0) is 6.42 Å². The molecular formula is C11H15N3O5. The van der Waals surface area contributed by atoms with Crippen LogP contribution >= 0.6 is 0 Å². The first-order valence-electron chi connectivity index (χ1n) is 5.76. The second-order valence-corrected chi connectivity index (χ2v) is 4.06. The number of carbonyl (C=O) groups excluding carboxylic acids is 1. The van der Waals surface area contributed by atoms with Crippen LogP contribution in [-0.2, 0) is 9.47 Å². The monoisotopic (exact) mass is 269 g/mol. The van der Waals surface area contributed by atoms with Crippen molar-refractivity contribution in [2.24, 2.45) is 0 Å². The summed E-state index contributed by atoms with van der Waals surface area (Å²) in [4.78, 5) is 19.0. The first-order chi connectivity index (χ1) is 9.11. The number of hydrogen-bond donors (Lipinski definition) is 3. The summed E-state index contributed by atoms with van der Waals surface area (Å²) >= 11 is 0. The van der Waals surface area contributed by atoms with Crippen molar-refractivity contribution in [2.75, 3.05) is 19.0 Å². The Morgan fingerprint density at radius 3 is 2.89 bits per heavy atom. The van der Waals surface area contributed by atoms with E-state index in [1.165, 1.54) is 19.5 Å². The van der Waals surface area contributed by atoms with Gasteiger partial charge >= 0.3 is 5.97 Å². The number of anilines is 1. The van der Waals surface area contributed by atoms with E-state index in [4.69, 9.17) is 4.74 Å². The number of esters is 1. The fourth-order valence-corrected chi connectivity index (χ4v) is 1.67. The first-order valence-corrected chi connectivity index (χ1v) is 5.76. The number of rotatable bonds is 3. The molecule has 2 rings (SSSR count). The van der Waals surface area contributed by atoms with Crippen molar-refractivity contribution >= 4 is 11.8 Å². The number of ether oxygens (including phenoxy) is 2. The highest BCUT2D eigenvalue weighted by Crippen LogP contribution is 2.16. The molecule has 3 N–H and O–H groups in total. The molecule has 0 aliphatic carbocycles. The Morgan fingerprint density at radius 2 is 2.26 bits per heavy atom. The van der Waals surface area contributed by atoms with E-state index in [2.05, 4.69) is 20.0 Å². The molecular weight excluding hydrogens is 254 g/mol. The van der Waals surface area contributed by atoms with Gasteiger partial charge in [-0.3, -0.25) is 0 Å². The Kier molecular flexibility index (Phi) is 4.25. The minimum absolute atomic E-state index is 0.0817. The molecule has 3 atom stereocenters. The predicted molar refractivity (Wildman–Crippen MR) is 63.4 cm³/mol. The lowest BCUT2D eigenvalue weighted by Crippen LogP contribution is -2.48. The molecule has 8 heteroatoms. The van der Waals surface area contributed by atoms with Gasteiger partial charge in [-0.25, -0.2) is 14.8 Å². The van der Waals surface area contributed by atoms with E-state index in [0.717, 1.165) is 0 Å². The van der Waals surface area contributed by atoms with Crippen LogP contribution in [-0.4, -0.2) is 58.3 Å². The molecule has 1 aliphatic rings. The fraction of sp³-hybridized carbons (Fsp3) is 0.545. The molecule has 0 bridgehead atoms. The molecule has 0 spiro atoms. The smallest absolute Gasteiger partial charge is 0.358 e. The molecule has 0 radical (unpaired) electrons. The second kappa shape index (κ2) is 5.91. The van der Waals surface area contributed by atoms with Gasteiger partial charge in [0.05, 0.1) is 32.2 Å². The maximum Gasteiger partial charge on any atom is 0.358 e. The van der Waals surface area contributed by atoms with Gasteiger partial charge in [0.25, 0.3) is 0 Å². The highest BCUT2D eigenvalue weighted by molar-refractivity contribution is 5.86. The zero-order chi connectivity index (χ0) is 13.8. The second-order valence-electron chi connectivity index (χ2n) is 4.06. The Morgan fingerprint density at radius 1 is 1.47 bits per heavy atom. The molecule has 3 unspecified atom stereocenters. The molecule has 1 aromatic rings. The van der Waals surface area contributed by atoms with E-state index in [0.29, 0.717) is 18.8 Å². The van der Waals surface area contributed by atoms with E-state index >= 15 is 0 Å². The van der Waals surface area contributed by atoms with Crippen LogP contribution < -0.4 is 5.32 Å². The summed E-state index contributed by atoms with van der Waals surface area (Å²) in [5, 5.41) is 22.0. The molecule has 104 valence electrons. The molecule has 1 aromatic heterocycles. The van der Waals surface area contributed by atoms with Crippen LogP contribution in [0.3, 0.4) is 0 Å². The largest absolute Gasteiger partial charge is 0.464 e. The van der Waals surface area contributed by atoms with Gasteiger partial charge in [-0.2, -0.15) is 0 Å². The minimum atomic E-state index is -1.05. The fourth-order valence-electron chi connectivity index (χ4n) is 1.67. The van der Waals surface area contributed by atoms with Crippen molar-refractivity contribution in [3.05, 3.63) is 18.1 Å². The zero-order valence-electron chi connectivity index (χ0n) is 10.3. The summed E-state index contributed by atoms with van der Waals surface area (Å²) in [6.07, 6.45) is 0.307. The summed E-state index contributed by atoms with van der Waals surface area (Å²) < 4.78 is 9.78. The van der Waals surface area contributed by atoms with Crippen LogP contribution in [0.15, 0.2) is 12.4 Å². The summed E-state index contributed by atoms with van der Waals surface area (Å²) in [5.41, 5.74) is 0.0817. The zero-order valence-corrected chi connectivity index (χ0v) is 10.3. The SMILES string of the molecule is COC(=O)c1cnc(NC2OCCC(O)C2O)cn1. The Hall–Kier alpha value is -1.77. The van der Waals surface area contributed by atoms with Crippen LogP contribution in [0, 0.1) is 0 Å². The number of hydrogen-bond acceptors (Lipinski definition) is 8. The lowest BCUT2D eigenvalue weighted by atomic mass is 10.1. The molecule has 0 amide bonds. The van der Waals surface area contributed by atoms with Gasteiger partial charge in [-0.15, -0.1) is 0 Å². The molecule has 0 saturated carbocycles. The number of aromatic nitrogens is 2. The number of carbonyl (C=O) groups is 1. The van der Waals surface area contributed by atoms with Crippen molar-refractivity contribution in [3.63, 3.8) is 0 Å². The van der Waals surface area contributed by atoms with Gasteiger partial charge < -0.3 is 25.0 Å². The highest BCUT2D eigenvalue weighted by Gasteiger charge is 2.31. The number of nitrogens with one attached hydrogen (secondary N) is 1. The standard InChI is InChI=1S/C11H15N3O5/c1-18-11(17)6-4-13-8(5-12-6)14-10-9(16)7(15)2-3-19-10/h4-5,7,9-10,15-16H,2-3H2,1H3,(H,13,14). The van der Waals surface area contributed by atoms with Gasteiger partial charge in [-0.1, -0.05) is 0 Å². The average molecular weight is 269 g/mol. The van der Waals surface area contributed by atoms with Crippen molar-refractivity contribution in [1.29, 1.82) is 0 Å². The van der Waals surface area contributed by atoms with Gasteiger partial charge in [0, 0.05) is 0 Å². The van der Waals surface area contributed by atoms with Gasteiger partial charge in [0.2, 0.25) is 0 Å². The third-order valence-electron chi connectivity index (χ3n) is 2.75. The number of aliphatic hydroxyl groups excluding tert-OH is 2. The average Bonchev–Trinajstić information content (AvgIpc) is 2.44. The summed E-state index contributed by atoms with van der Waals surface area (Å²) in [6.45, 7) is 0.337. The maximum absolute atomic E-state index is 11.2. The third kappa shape index (κ3) is 3.16. The van der Waals surface area contributed by atoms with Crippen molar-refractivity contribution in [2.45, 2.75) is 24.9 Å². The van der Waals surface area contributed by atoms with Crippen LogP contribution in [0.25, 0.3) is 0 Å². The van der Waals surface area contributed by atoms with Gasteiger partial charge in [0.15, 0.2) is 11.9 Å². The van der Waals surface area contributed by atoms with Crippen molar-refractivity contribution in [1.82, 2.24) is 9.97 Å². The number of aliphatic hydroxyl groups is 2. The highest BCUT2D eigenvalue weighted by atomic mass is 16.5. The maximum atomic E-state index is 11.2. The Labute approximate surface area is 109 Å². The number of methoxy groups -OCH3 is 1. The molecule has 1 aliphatic heterocycles. The summed E-state index contributed by atoms with van der Waals surface area (Å²) in [6, 6.07) is 0. The van der Waals surface area contributed by atoms with Crippen molar-refractivity contribution < 1.29 is 24.5 Å². The molecule has 1 fully saturated rings. The molecule has 2 heterocycles. The van der Waals surface area contributed by atoms with E-state index in [-0.39, 0.29) is 5.69 Å². The third-order valence-corrected chi connectivity index (χ3v) is 2.75. The predicted octanol–water partition coefficient (Wildman–Crippen LogP) is -0.857. The van der Waals surface area contributed by atoms with E-state index < -0.39 is 24.4 Å². The van der Waals surface area contributed by atoms with E-state index in [1.54, 1.807) is 0 Å². The first kappa shape index (κ1) is 13.7. The summed E-state index contributed by atoms with van der Waals surface area (Å²) in [7, 11) is 1.25. The quantitative estimate of drug-likeness (QED) is 0.608. The number of nitrogens with zero attached hydrogens (tertiary/aromatic N) is 2. The lowest BCUT2D eigenvalue weighted by Gasteiger charge is -2.32. The van der Waals surface area contributed by atoms with E-state index in [9.17, 15) is 15.0 Å². The van der Waals surface area contributed by atoms with Crippen LogP contribution in [0.1, 0.15) is 16.9 Å². The Balaban J connectivity index is 2.01. The van der Waals surface area contributed by atoms with Crippen molar-refractivity contribution in [3.8, 4) is 0 Å². The van der Waals surface area contributed by atoms with Crippen LogP contribution in [0.5, 0.6) is 0 Å². The Bertz CT molecular complexity index is 438. The van der Waals surface area contributed by atoms with E-state index in [1.807, 2.05) is 0 Å². The summed E-state index contributed by atoms with van der Waals surface area (Å²) in [5.74, 6) is -0.255. The molecule has 8 nitrogen and oxygen atoms in total.